The molecule has 4 rings (SSSR count). The van der Waals surface area contributed by atoms with E-state index in [4.69, 9.17) is 26.1 Å². The molecule has 1 amide bonds. The largest absolute Gasteiger partial charge is 0.497 e. The van der Waals surface area contributed by atoms with Crippen molar-refractivity contribution in [1.82, 2.24) is 9.88 Å². The Labute approximate surface area is 220 Å². The molecule has 8 nitrogen and oxygen atoms in total. The fraction of sp³-hybridized carbons (Fsp3) is 0.440. The lowest BCUT2D eigenvalue weighted by Crippen LogP contribution is -2.39. The van der Waals surface area contributed by atoms with Gasteiger partial charge in [0.05, 0.1) is 41.2 Å². The minimum atomic E-state index is -3.50. The van der Waals surface area contributed by atoms with E-state index in [-0.39, 0.29) is 29.4 Å². The second-order valence-electron chi connectivity index (χ2n) is 8.56. The maximum absolute atomic E-state index is 13.3. The summed E-state index contributed by atoms with van der Waals surface area (Å²) >= 11 is 7.32. The van der Waals surface area contributed by atoms with Gasteiger partial charge in [0.1, 0.15) is 5.75 Å². The molecule has 1 aromatic heterocycles. The molecule has 194 valence electrons. The maximum Gasteiger partial charge on any atom is 0.228 e. The molecular formula is C25H30ClN3O5S2. The van der Waals surface area contributed by atoms with Crippen molar-refractivity contribution >= 4 is 54.0 Å². The molecule has 36 heavy (non-hydrogen) atoms. The predicted octanol–water partition coefficient (Wildman–Crippen LogP) is 4.27. The number of morpholine rings is 1. The summed E-state index contributed by atoms with van der Waals surface area (Å²) in [6.07, 6.45) is 1.13. The van der Waals surface area contributed by atoms with E-state index in [0.717, 1.165) is 49.5 Å². The Kier molecular flexibility index (Phi) is 9.19. The van der Waals surface area contributed by atoms with Gasteiger partial charge in [-0.1, -0.05) is 22.9 Å². The van der Waals surface area contributed by atoms with Crippen molar-refractivity contribution in [1.29, 1.82) is 0 Å². The third-order valence-corrected chi connectivity index (χ3v) is 9.18. The van der Waals surface area contributed by atoms with Gasteiger partial charge >= 0.3 is 0 Å². The summed E-state index contributed by atoms with van der Waals surface area (Å²) in [6.45, 7) is 4.59. The van der Waals surface area contributed by atoms with E-state index in [9.17, 15) is 13.2 Å². The summed E-state index contributed by atoms with van der Waals surface area (Å²) < 4.78 is 37.0. The zero-order valence-electron chi connectivity index (χ0n) is 20.2. The van der Waals surface area contributed by atoms with Gasteiger partial charge < -0.3 is 9.47 Å². The number of halogens is 1. The molecule has 1 aliphatic rings. The molecule has 0 spiro atoms. The second-order valence-corrected chi connectivity index (χ2v) is 12.1. The van der Waals surface area contributed by atoms with Crippen molar-refractivity contribution in [3.63, 3.8) is 0 Å². The SMILES string of the molecule is COc1ccc2sc(N(CCCN3CCOCC3)C(=O)CCCS(=O)(=O)c3ccc(Cl)cc3)nc2c1. The number of carbonyl (C=O) groups excluding carboxylic acids is 1. The first kappa shape index (κ1) is 26.8. The zero-order valence-corrected chi connectivity index (χ0v) is 22.6. The van der Waals surface area contributed by atoms with Crippen LogP contribution in [0.5, 0.6) is 5.75 Å². The van der Waals surface area contributed by atoms with Crippen LogP contribution in [0.25, 0.3) is 10.2 Å². The van der Waals surface area contributed by atoms with Crippen molar-refractivity contribution < 1.29 is 22.7 Å². The van der Waals surface area contributed by atoms with Gasteiger partial charge in [-0.3, -0.25) is 14.6 Å². The summed E-state index contributed by atoms with van der Waals surface area (Å²) in [7, 11) is -1.89. The Morgan fingerprint density at radius 2 is 1.92 bits per heavy atom. The molecule has 0 atom stereocenters. The van der Waals surface area contributed by atoms with Crippen molar-refractivity contribution in [3.05, 3.63) is 47.5 Å². The third-order valence-electron chi connectivity index (χ3n) is 6.05. The van der Waals surface area contributed by atoms with Crippen LogP contribution in [0, 0.1) is 0 Å². The van der Waals surface area contributed by atoms with Crippen molar-refractivity contribution in [3.8, 4) is 5.75 Å². The van der Waals surface area contributed by atoms with Crippen LogP contribution in [0.2, 0.25) is 5.02 Å². The molecule has 0 N–H and O–H groups in total. The number of carbonyl (C=O) groups is 1. The van der Waals surface area contributed by atoms with Crippen LogP contribution < -0.4 is 9.64 Å². The second kappa shape index (κ2) is 12.3. The van der Waals surface area contributed by atoms with Crippen molar-refractivity contribution in [2.45, 2.75) is 24.2 Å². The average molecular weight is 552 g/mol. The Bertz CT molecular complexity index is 1270. The number of anilines is 1. The highest BCUT2D eigenvalue weighted by atomic mass is 35.5. The summed E-state index contributed by atoms with van der Waals surface area (Å²) in [4.78, 5) is 22.3. The summed E-state index contributed by atoms with van der Waals surface area (Å²) in [5.74, 6) is 0.463. The first-order chi connectivity index (χ1) is 17.4. The Morgan fingerprint density at radius 3 is 2.64 bits per heavy atom. The first-order valence-electron chi connectivity index (χ1n) is 11.9. The third kappa shape index (κ3) is 6.95. The Morgan fingerprint density at radius 1 is 1.17 bits per heavy atom. The van der Waals surface area contributed by atoms with E-state index >= 15 is 0 Å². The molecule has 1 saturated heterocycles. The van der Waals surface area contributed by atoms with E-state index < -0.39 is 9.84 Å². The van der Waals surface area contributed by atoms with Crippen LogP contribution in [-0.4, -0.2) is 76.5 Å². The lowest BCUT2D eigenvalue weighted by Gasteiger charge is -2.27. The van der Waals surface area contributed by atoms with Crippen LogP contribution >= 0.6 is 22.9 Å². The Balaban J connectivity index is 1.44. The minimum Gasteiger partial charge on any atom is -0.497 e. The highest BCUT2D eigenvalue weighted by molar-refractivity contribution is 7.91. The molecule has 0 unspecified atom stereocenters. The normalized spacial score (nSPS) is 14.7. The number of thiazole rings is 1. The molecule has 0 saturated carbocycles. The van der Waals surface area contributed by atoms with Crippen LogP contribution in [0.1, 0.15) is 19.3 Å². The minimum absolute atomic E-state index is 0.112. The number of ether oxygens (including phenoxy) is 2. The monoisotopic (exact) mass is 551 g/mol. The standard InChI is InChI=1S/C25H30ClN3O5S2/c1-33-20-7-10-23-22(18-20)27-25(35-23)29(12-3-11-28-13-15-34-16-14-28)24(30)4-2-17-36(31,32)21-8-5-19(26)6-9-21/h5-10,18H,2-4,11-17H2,1H3. The first-order valence-corrected chi connectivity index (χ1v) is 14.7. The van der Waals surface area contributed by atoms with Crippen LogP contribution in [0.4, 0.5) is 5.13 Å². The van der Waals surface area contributed by atoms with Gasteiger partial charge in [-0.25, -0.2) is 13.4 Å². The van der Waals surface area contributed by atoms with Gasteiger partial charge in [0.15, 0.2) is 15.0 Å². The van der Waals surface area contributed by atoms with Crippen LogP contribution in [0.15, 0.2) is 47.4 Å². The fourth-order valence-corrected chi connectivity index (χ4v) is 6.48. The fourth-order valence-electron chi connectivity index (χ4n) is 4.05. The van der Waals surface area contributed by atoms with E-state index in [1.807, 2.05) is 18.2 Å². The molecule has 1 aliphatic heterocycles. The van der Waals surface area contributed by atoms with Gasteiger partial charge in [-0.2, -0.15) is 0 Å². The lowest BCUT2D eigenvalue weighted by molar-refractivity contribution is -0.118. The highest BCUT2D eigenvalue weighted by Crippen LogP contribution is 2.32. The smallest absolute Gasteiger partial charge is 0.228 e. The van der Waals surface area contributed by atoms with Gasteiger partial charge in [-0.05, 0) is 49.2 Å². The molecule has 0 radical (unpaired) electrons. The van der Waals surface area contributed by atoms with E-state index in [0.29, 0.717) is 22.4 Å². The molecule has 1 fully saturated rings. The molecule has 2 aromatic carbocycles. The van der Waals surface area contributed by atoms with Gasteiger partial charge in [-0.15, -0.1) is 0 Å². The summed E-state index contributed by atoms with van der Waals surface area (Å²) in [6, 6.07) is 11.8. The Hall–Kier alpha value is -2.24. The van der Waals surface area contributed by atoms with E-state index in [2.05, 4.69) is 4.90 Å². The molecule has 0 bridgehead atoms. The van der Waals surface area contributed by atoms with Gasteiger partial charge in [0.25, 0.3) is 0 Å². The highest BCUT2D eigenvalue weighted by Gasteiger charge is 2.22. The van der Waals surface area contributed by atoms with Gasteiger partial charge in [0.2, 0.25) is 5.91 Å². The molecule has 0 aliphatic carbocycles. The summed E-state index contributed by atoms with van der Waals surface area (Å²) in [5, 5.41) is 1.09. The number of amides is 1. The molecule has 2 heterocycles. The topological polar surface area (TPSA) is 89.0 Å². The van der Waals surface area contributed by atoms with Crippen molar-refractivity contribution in [2.75, 3.05) is 57.2 Å². The number of benzene rings is 2. The number of sulfone groups is 1. The number of hydrogen-bond donors (Lipinski definition) is 0. The average Bonchev–Trinajstić information content (AvgIpc) is 3.30. The van der Waals surface area contributed by atoms with Crippen LogP contribution in [-0.2, 0) is 19.4 Å². The zero-order chi connectivity index (χ0) is 25.5. The number of nitrogens with zero attached hydrogens (tertiary/aromatic N) is 3. The predicted molar refractivity (Wildman–Crippen MR) is 143 cm³/mol. The number of aromatic nitrogens is 1. The molecule has 11 heteroatoms. The van der Waals surface area contributed by atoms with Gasteiger partial charge in [0, 0.05) is 43.7 Å². The number of methoxy groups -OCH3 is 1. The van der Waals surface area contributed by atoms with Crippen molar-refractivity contribution in [2.24, 2.45) is 0 Å². The maximum atomic E-state index is 13.3. The quantitative estimate of drug-likeness (QED) is 0.351. The lowest BCUT2D eigenvalue weighted by atomic mass is 10.2. The molecular weight excluding hydrogens is 522 g/mol. The number of rotatable bonds is 11. The number of fused-ring (bicyclic) bond motifs is 1. The van der Waals surface area contributed by atoms with E-state index in [1.54, 1.807) is 24.1 Å². The summed E-state index contributed by atoms with van der Waals surface area (Å²) in [5.41, 5.74) is 0.769. The molecule has 3 aromatic rings. The van der Waals surface area contributed by atoms with Crippen LogP contribution in [0.3, 0.4) is 0 Å². The van der Waals surface area contributed by atoms with E-state index in [1.165, 1.54) is 23.5 Å². The number of hydrogen-bond acceptors (Lipinski definition) is 8.